The zero-order chi connectivity index (χ0) is 22.1. The molecule has 1 aromatic heterocycles. The molecule has 0 fully saturated rings. The minimum atomic E-state index is -0.246. The summed E-state index contributed by atoms with van der Waals surface area (Å²) in [6, 6.07) is 23.5. The average molecular weight is 427 g/mol. The van der Waals surface area contributed by atoms with E-state index >= 15 is 0 Å². The third-order valence-electron chi connectivity index (χ3n) is 6.12. The maximum Gasteiger partial charge on any atom is 0.258 e. The largest absolute Gasteiger partial charge is 0.496 e. The number of fused-ring (bicyclic) bond motifs is 3. The molecule has 1 amide bonds. The first kappa shape index (κ1) is 20.2. The van der Waals surface area contributed by atoms with Crippen LogP contribution in [0.3, 0.4) is 0 Å². The van der Waals surface area contributed by atoms with Crippen molar-refractivity contribution in [2.45, 2.75) is 19.4 Å². The van der Waals surface area contributed by atoms with E-state index in [9.17, 15) is 4.79 Å². The highest BCUT2D eigenvalue weighted by Crippen LogP contribution is 2.40. The molecule has 2 heterocycles. The van der Waals surface area contributed by atoms with Crippen molar-refractivity contribution >= 4 is 16.8 Å². The van der Waals surface area contributed by atoms with E-state index in [-0.39, 0.29) is 11.9 Å². The van der Waals surface area contributed by atoms with Crippen LogP contribution in [0.4, 0.5) is 0 Å². The average Bonchev–Trinajstić information content (AvgIpc) is 3.22. The minimum absolute atomic E-state index is 0.0430. The molecule has 1 aliphatic heterocycles. The predicted molar refractivity (Wildman–Crippen MR) is 125 cm³/mol. The summed E-state index contributed by atoms with van der Waals surface area (Å²) in [7, 11) is 1.60. The number of para-hydroxylation sites is 2. The molecule has 0 radical (unpaired) electrons. The number of nitrogens with one attached hydrogen (secondary N) is 1. The van der Waals surface area contributed by atoms with E-state index in [4.69, 9.17) is 9.47 Å². The van der Waals surface area contributed by atoms with Crippen molar-refractivity contribution in [3.8, 4) is 11.5 Å². The first-order chi connectivity index (χ1) is 15.7. The second-order valence-electron chi connectivity index (χ2n) is 7.92. The lowest BCUT2D eigenvalue weighted by Crippen LogP contribution is -2.40. The van der Waals surface area contributed by atoms with Gasteiger partial charge in [0.1, 0.15) is 11.5 Å². The molecule has 0 aliphatic carbocycles. The Balaban J connectivity index is 1.66. The van der Waals surface area contributed by atoms with Crippen LogP contribution in [0.1, 0.15) is 40.1 Å². The molecule has 0 saturated heterocycles. The van der Waals surface area contributed by atoms with Gasteiger partial charge < -0.3 is 19.4 Å². The highest BCUT2D eigenvalue weighted by atomic mass is 16.5. The zero-order valence-electron chi connectivity index (χ0n) is 18.3. The highest BCUT2D eigenvalue weighted by molar-refractivity contribution is 5.98. The van der Waals surface area contributed by atoms with Gasteiger partial charge in [-0.3, -0.25) is 4.79 Å². The van der Waals surface area contributed by atoms with Crippen molar-refractivity contribution in [2.24, 2.45) is 0 Å². The van der Waals surface area contributed by atoms with Crippen LogP contribution in [0.25, 0.3) is 10.9 Å². The topological polar surface area (TPSA) is 54.6 Å². The number of hydrogen-bond donors (Lipinski definition) is 1. The molecular formula is C27H26N2O3. The van der Waals surface area contributed by atoms with Crippen LogP contribution >= 0.6 is 0 Å². The number of benzene rings is 3. The summed E-state index contributed by atoms with van der Waals surface area (Å²) in [6.07, 6.45) is 0.794. The van der Waals surface area contributed by atoms with Gasteiger partial charge in [-0.25, -0.2) is 0 Å². The Morgan fingerprint density at radius 1 is 1.06 bits per heavy atom. The third kappa shape index (κ3) is 3.40. The first-order valence-corrected chi connectivity index (χ1v) is 11.0. The Morgan fingerprint density at radius 3 is 2.72 bits per heavy atom. The minimum Gasteiger partial charge on any atom is -0.496 e. The number of aromatic nitrogens is 1. The number of rotatable bonds is 5. The van der Waals surface area contributed by atoms with E-state index < -0.39 is 0 Å². The van der Waals surface area contributed by atoms with Crippen LogP contribution in [0.5, 0.6) is 11.5 Å². The standard InChI is InChI=1S/C27H26N2O3/c1-3-32-19-10-8-9-18(17-19)26-25-21(20-11-4-6-13-23(20)28-25)15-16-29(26)27(30)22-12-5-7-14-24(22)31-2/h4-14,17,26,28H,3,15-16H2,1-2H3/t26-/m1/s1. The van der Waals surface area contributed by atoms with Crippen molar-refractivity contribution in [2.75, 3.05) is 20.3 Å². The van der Waals surface area contributed by atoms with Crippen molar-refractivity contribution in [1.82, 2.24) is 9.88 Å². The fourth-order valence-corrected chi connectivity index (χ4v) is 4.72. The summed E-state index contributed by atoms with van der Waals surface area (Å²) in [5.74, 6) is 1.35. The van der Waals surface area contributed by atoms with Gasteiger partial charge in [0.05, 0.1) is 25.3 Å². The Labute approximate surface area is 187 Å². The van der Waals surface area contributed by atoms with Crippen LogP contribution in [-0.2, 0) is 6.42 Å². The Hall–Kier alpha value is -3.73. The number of methoxy groups -OCH3 is 1. The number of nitrogens with zero attached hydrogens (tertiary/aromatic N) is 1. The van der Waals surface area contributed by atoms with Crippen LogP contribution in [0.15, 0.2) is 72.8 Å². The number of carbonyl (C=O) groups excluding carboxylic acids is 1. The maximum atomic E-state index is 13.8. The molecule has 4 aromatic rings. The molecule has 5 rings (SSSR count). The van der Waals surface area contributed by atoms with Gasteiger partial charge in [-0.1, -0.05) is 42.5 Å². The van der Waals surface area contributed by atoms with Crippen molar-refractivity contribution < 1.29 is 14.3 Å². The van der Waals surface area contributed by atoms with Crippen LogP contribution in [0, 0.1) is 0 Å². The van der Waals surface area contributed by atoms with Gasteiger partial charge in [0.2, 0.25) is 0 Å². The van der Waals surface area contributed by atoms with Gasteiger partial charge in [0.15, 0.2) is 0 Å². The fourth-order valence-electron chi connectivity index (χ4n) is 4.72. The number of hydrogen-bond acceptors (Lipinski definition) is 3. The molecule has 1 aliphatic rings. The monoisotopic (exact) mass is 426 g/mol. The van der Waals surface area contributed by atoms with Gasteiger partial charge in [-0.05, 0) is 54.8 Å². The molecule has 1 atom stereocenters. The molecule has 162 valence electrons. The summed E-state index contributed by atoms with van der Waals surface area (Å²) in [6.45, 7) is 3.19. The lowest BCUT2D eigenvalue weighted by atomic mass is 9.91. The summed E-state index contributed by atoms with van der Waals surface area (Å²) in [5.41, 5.74) is 5.02. The fraction of sp³-hybridized carbons (Fsp3) is 0.222. The highest BCUT2D eigenvalue weighted by Gasteiger charge is 2.35. The van der Waals surface area contributed by atoms with E-state index in [0.29, 0.717) is 24.5 Å². The Bertz CT molecular complexity index is 1280. The molecule has 0 spiro atoms. The Morgan fingerprint density at radius 2 is 1.88 bits per heavy atom. The van der Waals surface area contributed by atoms with E-state index in [1.54, 1.807) is 7.11 Å². The van der Waals surface area contributed by atoms with Crippen molar-refractivity contribution in [3.05, 3.63) is 95.2 Å². The lowest BCUT2D eigenvalue weighted by molar-refractivity contribution is 0.0688. The molecule has 5 nitrogen and oxygen atoms in total. The van der Waals surface area contributed by atoms with Gasteiger partial charge in [0.25, 0.3) is 5.91 Å². The SMILES string of the molecule is CCOc1cccc([C@@H]2c3[nH]c4ccccc4c3CCN2C(=O)c2ccccc2OC)c1. The summed E-state index contributed by atoms with van der Waals surface area (Å²) >= 11 is 0. The van der Waals surface area contributed by atoms with E-state index in [2.05, 4.69) is 29.2 Å². The second kappa shape index (κ2) is 8.42. The molecule has 32 heavy (non-hydrogen) atoms. The molecule has 0 unspecified atom stereocenters. The Kier molecular flexibility index (Phi) is 5.31. The van der Waals surface area contributed by atoms with Gasteiger partial charge >= 0.3 is 0 Å². The van der Waals surface area contributed by atoms with E-state index in [1.165, 1.54) is 10.9 Å². The molecule has 0 bridgehead atoms. The second-order valence-corrected chi connectivity index (χ2v) is 7.92. The predicted octanol–water partition coefficient (Wildman–Crippen LogP) is 5.36. The smallest absolute Gasteiger partial charge is 0.258 e. The normalized spacial score (nSPS) is 15.4. The van der Waals surface area contributed by atoms with Crippen LogP contribution in [-0.4, -0.2) is 36.1 Å². The van der Waals surface area contributed by atoms with Gasteiger partial charge in [-0.15, -0.1) is 0 Å². The molecule has 5 heteroatoms. The number of ether oxygens (including phenoxy) is 2. The molecule has 0 saturated carbocycles. The van der Waals surface area contributed by atoms with E-state index in [1.807, 2.05) is 60.4 Å². The van der Waals surface area contributed by atoms with Crippen LogP contribution < -0.4 is 9.47 Å². The van der Waals surface area contributed by atoms with E-state index in [0.717, 1.165) is 28.9 Å². The summed E-state index contributed by atoms with van der Waals surface area (Å²) in [5, 5.41) is 1.22. The first-order valence-electron chi connectivity index (χ1n) is 11.0. The van der Waals surface area contributed by atoms with Crippen molar-refractivity contribution in [3.63, 3.8) is 0 Å². The zero-order valence-corrected chi connectivity index (χ0v) is 18.3. The number of carbonyl (C=O) groups is 1. The lowest BCUT2D eigenvalue weighted by Gasteiger charge is -2.36. The number of H-pyrrole nitrogens is 1. The molecule has 3 aromatic carbocycles. The third-order valence-corrected chi connectivity index (χ3v) is 6.12. The van der Waals surface area contributed by atoms with Crippen LogP contribution in [0.2, 0.25) is 0 Å². The number of amides is 1. The molecular weight excluding hydrogens is 400 g/mol. The van der Waals surface area contributed by atoms with Gasteiger partial charge in [0, 0.05) is 23.1 Å². The summed E-state index contributed by atoms with van der Waals surface area (Å²) in [4.78, 5) is 19.4. The number of aromatic amines is 1. The summed E-state index contributed by atoms with van der Waals surface area (Å²) < 4.78 is 11.3. The van der Waals surface area contributed by atoms with Crippen molar-refractivity contribution in [1.29, 1.82) is 0 Å². The van der Waals surface area contributed by atoms with Gasteiger partial charge in [-0.2, -0.15) is 0 Å². The molecule has 1 N–H and O–H groups in total. The maximum absolute atomic E-state index is 13.8. The quantitative estimate of drug-likeness (QED) is 0.467.